The Morgan fingerprint density at radius 3 is 2.24 bits per heavy atom. The van der Waals surface area contributed by atoms with Crippen LogP contribution in [0.3, 0.4) is 0 Å². The van der Waals surface area contributed by atoms with E-state index < -0.39 is 0 Å². The minimum absolute atomic E-state index is 0.0142. The van der Waals surface area contributed by atoms with Crippen molar-refractivity contribution in [3.63, 3.8) is 0 Å². The van der Waals surface area contributed by atoms with Crippen LogP contribution in [0.1, 0.15) is 58.6 Å². The number of nitrogens with zero attached hydrogens (tertiary/aromatic N) is 2. The molecule has 0 amide bonds. The SMILES string of the molecule is C=C(C)/C(=C\C=C(/C)C(=O)/C(Nc1cncc(C)n1)=C(/C)N)OC.COC(=O)C1CCCCC1. The highest BCUT2D eigenvalue weighted by atomic mass is 16.5. The Morgan fingerprint density at radius 2 is 1.74 bits per heavy atom. The highest BCUT2D eigenvalue weighted by molar-refractivity contribution is 6.10. The number of methoxy groups -OCH3 is 2. The van der Waals surface area contributed by atoms with Crippen LogP contribution in [0.4, 0.5) is 5.82 Å². The molecule has 1 fully saturated rings. The molecule has 1 heterocycles. The summed E-state index contributed by atoms with van der Waals surface area (Å²) in [5.74, 6) is 1.03. The first kappa shape index (κ1) is 28.6. The third kappa shape index (κ3) is 9.60. The van der Waals surface area contributed by atoms with Crippen LogP contribution in [0.25, 0.3) is 0 Å². The van der Waals surface area contributed by atoms with Gasteiger partial charge >= 0.3 is 5.97 Å². The maximum absolute atomic E-state index is 12.6. The monoisotopic (exact) mass is 470 g/mol. The zero-order valence-corrected chi connectivity index (χ0v) is 21.2. The second kappa shape index (κ2) is 14.7. The maximum Gasteiger partial charge on any atom is 0.308 e. The quantitative estimate of drug-likeness (QED) is 0.242. The van der Waals surface area contributed by atoms with Crippen molar-refractivity contribution in [2.75, 3.05) is 19.5 Å². The van der Waals surface area contributed by atoms with Crippen molar-refractivity contribution in [3.8, 4) is 0 Å². The molecule has 3 N–H and O–H groups in total. The zero-order valence-electron chi connectivity index (χ0n) is 21.2. The average molecular weight is 471 g/mol. The van der Waals surface area contributed by atoms with Gasteiger partial charge in [0.1, 0.15) is 17.3 Å². The molecule has 0 bridgehead atoms. The zero-order chi connectivity index (χ0) is 25.7. The van der Waals surface area contributed by atoms with Gasteiger partial charge in [-0.25, -0.2) is 4.98 Å². The van der Waals surface area contributed by atoms with Gasteiger partial charge in [-0.2, -0.15) is 0 Å². The van der Waals surface area contributed by atoms with E-state index in [1.807, 2.05) is 13.8 Å². The van der Waals surface area contributed by atoms with Crippen LogP contribution in [0.2, 0.25) is 0 Å². The Morgan fingerprint density at radius 1 is 1.09 bits per heavy atom. The summed E-state index contributed by atoms with van der Waals surface area (Å²) in [4.78, 5) is 31.9. The lowest BCUT2D eigenvalue weighted by Crippen LogP contribution is -2.18. The van der Waals surface area contributed by atoms with Crippen LogP contribution in [0.5, 0.6) is 0 Å². The van der Waals surface area contributed by atoms with Crippen molar-refractivity contribution < 1.29 is 19.1 Å². The van der Waals surface area contributed by atoms with Crippen molar-refractivity contribution in [3.05, 3.63) is 65.1 Å². The summed E-state index contributed by atoms with van der Waals surface area (Å²) in [6.07, 6.45) is 12.3. The standard InChI is InChI=1S/C18H24N4O2.C8H14O2/c1-11(2)15(24-6)8-7-12(3)18(23)17(14(5)19)22-16-10-20-9-13(4)21-16;1-10-8(9)7-5-3-2-4-6-7/h7-10H,1,19H2,2-6H3,(H,21,22);7H,2-6H2,1H3/b12-7+,15-8+,17-14+;. The molecule has 1 saturated carbocycles. The predicted molar refractivity (Wildman–Crippen MR) is 135 cm³/mol. The molecule has 0 spiro atoms. The number of carbonyl (C=O) groups excluding carboxylic acids is 2. The van der Waals surface area contributed by atoms with Crippen LogP contribution in [-0.4, -0.2) is 35.9 Å². The van der Waals surface area contributed by atoms with Gasteiger partial charge in [0.15, 0.2) is 0 Å². The van der Waals surface area contributed by atoms with Gasteiger partial charge in [-0.05, 0) is 57.8 Å². The first-order valence-electron chi connectivity index (χ1n) is 11.3. The number of anilines is 1. The third-order valence-electron chi connectivity index (χ3n) is 5.25. The fourth-order valence-corrected chi connectivity index (χ4v) is 3.35. The van der Waals surface area contributed by atoms with E-state index in [4.69, 9.17) is 10.5 Å². The molecule has 0 aliphatic heterocycles. The molecule has 186 valence electrons. The number of aromatic nitrogens is 2. The van der Waals surface area contributed by atoms with Gasteiger partial charge in [-0.15, -0.1) is 0 Å². The Hall–Kier alpha value is -3.42. The van der Waals surface area contributed by atoms with E-state index in [-0.39, 0.29) is 23.4 Å². The molecule has 34 heavy (non-hydrogen) atoms. The van der Waals surface area contributed by atoms with Gasteiger partial charge < -0.3 is 20.5 Å². The van der Waals surface area contributed by atoms with Gasteiger partial charge in [0, 0.05) is 11.9 Å². The van der Waals surface area contributed by atoms with Crippen LogP contribution in [0.15, 0.2) is 59.4 Å². The van der Waals surface area contributed by atoms with Crippen LogP contribution >= 0.6 is 0 Å². The minimum atomic E-state index is -0.230. The number of nitrogens with one attached hydrogen (secondary N) is 1. The lowest BCUT2D eigenvalue weighted by atomic mass is 9.89. The second-order valence-corrected chi connectivity index (χ2v) is 8.28. The number of ether oxygens (including phenoxy) is 2. The van der Waals surface area contributed by atoms with Crippen molar-refractivity contribution >= 4 is 17.6 Å². The van der Waals surface area contributed by atoms with Gasteiger partial charge in [-0.1, -0.05) is 31.9 Å². The highest BCUT2D eigenvalue weighted by Crippen LogP contribution is 2.24. The van der Waals surface area contributed by atoms with Crippen LogP contribution in [-0.2, 0) is 19.1 Å². The molecule has 0 aromatic carbocycles. The fourth-order valence-electron chi connectivity index (χ4n) is 3.35. The summed E-state index contributed by atoms with van der Waals surface area (Å²) < 4.78 is 9.84. The number of hydrogen-bond acceptors (Lipinski definition) is 8. The molecule has 8 nitrogen and oxygen atoms in total. The van der Waals surface area contributed by atoms with Gasteiger partial charge in [0.25, 0.3) is 0 Å². The number of Topliss-reactive ketones (excluding diaryl/α,β-unsaturated/α-hetero) is 1. The lowest BCUT2D eigenvalue weighted by Gasteiger charge is -2.18. The first-order valence-corrected chi connectivity index (χ1v) is 11.3. The number of nitrogens with two attached hydrogens (primary N) is 1. The number of aryl methyl sites for hydroxylation is 1. The highest BCUT2D eigenvalue weighted by Gasteiger charge is 2.21. The van der Waals surface area contributed by atoms with Crippen molar-refractivity contribution in [1.82, 2.24) is 9.97 Å². The van der Waals surface area contributed by atoms with E-state index in [9.17, 15) is 9.59 Å². The molecule has 0 atom stereocenters. The van der Waals surface area contributed by atoms with Crippen molar-refractivity contribution in [2.24, 2.45) is 11.7 Å². The molecular weight excluding hydrogens is 432 g/mol. The molecule has 0 saturated heterocycles. The number of allylic oxidation sites excluding steroid dienone is 5. The van der Waals surface area contributed by atoms with Gasteiger partial charge in [-0.3, -0.25) is 14.6 Å². The molecule has 0 unspecified atom stereocenters. The molecule has 2 rings (SSSR count). The second-order valence-electron chi connectivity index (χ2n) is 8.28. The van der Waals surface area contributed by atoms with E-state index in [0.717, 1.165) is 24.1 Å². The van der Waals surface area contributed by atoms with E-state index in [1.165, 1.54) is 32.6 Å². The Balaban J connectivity index is 0.000000479. The van der Waals surface area contributed by atoms with Crippen LogP contribution in [0, 0.1) is 12.8 Å². The summed E-state index contributed by atoms with van der Waals surface area (Å²) in [5.41, 5.74) is 8.50. The fraction of sp³-hybridized carbons (Fsp3) is 0.462. The summed E-state index contributed by atoms with van der Waals surface area (Å²) in [5, 5.41) is 2.95. The van der Waals surface area contributed by atoms with E-state index in [1.54, 1.807) is 39.3 Å². The van der Waals surface area contributed by atoms with E-state index in [2.05, 4.69) is 26.6 Å². The topological polar surface area (TPSA) is 116 Å². The van der Waals surface area contributed by atoms with Crippen molar-refractivity contribution in [2.45, 2.75) is 59.8 Å². The number of esters is 1. The van der Waals surface area contributed by atoms with Crippen molar-refractivity contribution in [1.29, 1.82) is 0 Å². The van der Waals surface area contributed by atoms with E-state index in [0.29, 0.717) is 22.8 Å². The van der Waals surface area contributed by atoms with Crippen LogP contribution < -0.4 is 11.1 Å². The molecule has 1 aliphatic rings. The Labute approximate surface area is 203 Å². The number of hydrogen-bond donors (Lipinski definition) is 2. The number of ketones is 1. The molecule has 8 heteroatoms. The largest absolute Gasteiger partial charge is 0.497 e. The minimum Gasteiger partial charge on any atom is -0.497 e. The van der Waals surface area contributed by atoms with Gasteiger partial charge in [0.05, 0.1) is 32.0 Å². The maximum atomic E-state index is 12.6. The summed E-state index contributed by atoms with van der Waals surface area (Å²) in [6.45, 7) is 10.8. The smallest absolute Gasteiger partial charge is 0.308 e. The molecule has 0 radical (unpaired) electrons. The Kier molecular flexibility index (Phi) is 12.3. The molecule has 1 aromatic heterocycles. The predicted octanol–water partition coefficient (Wildman–Crippen LogP) is 4.75. The average Bonchev–Trinajstić information content (AvgIpc) is 2.82. The summed E-state index contributed by atoms with van der Waals surface area (Å²) >= 11 is 0. The lowest BCUT2D eigenvalue weighted by molar-refractivity contribution is -0.146. The molecule has 1 aromatic rings. The number of carbonyl (C=O) groups is 2. The van der Waals surface area contributed by atoms with Gasteiger partial charge in [0.2, 0.25) is 5.78 Å². The third-order valence-corrected chi connectivity index (χ3v) is 5.25. The number of rotatable bonds is 8. The Bertz CT molecular complexity index is 953. The summed E-state index contributed by atoms with van der Waals surface area (Å²) in [6, 6.07) is 0. The first-order chi connectivity index (χ1) is 16.1. The molecule has 1 aliphatic carbocycles. The van der Waals surface area contributed by atoms with E-state index >= 15 is 0 Å². The summed E-state index contributed by atoms with van der Waals surface area (Å²) in [7, 11) is 3.02. The normalized spacial score (nSPS) is 15.4. The molecular formula is C26H38N4O4.